The molecule has 0 aliphatic rings. The van der Waals surface area contributed by atoms with Crippen LogP contribution in [-0.4, -0.2) is 25.1 Å². The molecule has 0 radical (unpaired) electrons. The second kappa shape index (κ2) is 8.39. The zero-order chi connectivity index (χ0) is 20.1. The summed E-state index contributed by atoms with van der Waals surface area (Å²) < 4.78 is 0. The summed E-state index contributed by atoms with van der Waals surface area (Å²) in [5, 5.41) is 11.1. The first-order valence-corrected chi connectivity index (χ1v) is 9.23. The van der Waals surface area contributed by atoms with Gasteiger partial charge in [-0.05, 0) is 41.8 Å². The van der Waals surface area contributed by atoms with Crippen molar-refractivity contribution in [3.63, 3.8) is 0 Å². The van der Waals surface area contributed by atoms with E-state index in [1.165, 1.54) is 11.1 Å². The van der Waals surface area contributed by atoms with Crippen LogP contribution in [0.1, 0.15) is 11.1 Å². The second-order valence-corrected chi connectivity index (χ2v) is 6.71. The standard InChI is InChI=1S/C23H20N6/c1-16-11-18(3-5-21(16)19-7-8-27-28-14-19)12-17(2)29-23-6-4-20(13-26-23)22-15-24-9-10-25-22/h3-11,13-15H,2,12H2,1H3,(H,26,29). The maximum Gasteiger partial charge on any atom is 0.130 e. The summed E-state index contributed by atoms with van der Waals surface area (Å²) in [5.74, 6) is 0.749. The molecule has 3 aromatic heterocycles. The number of hydrogen-bond acceptors (Lipinski definition) is 6. The van der Waals surface area contributed by atoms with E-state index in [0.29, 0.717) is 6.42 Å². The normalized spacial score (nSPS) is 10.5. The lowest BCUT2D eigenvalue weighted by molar-refractivity contribution is 1.03. The molecule has 3 heterocycles. The van der Waals surface area contributed by atoms with Crippen LogP contribution in [0, 0.1) is 6.92 Å². The molecule has 0 bridgehead atoms. The third-order valence-corrected chi connectivity index (χ3v) is 4.53. The number of anilines is 1. The van der Waals surface area contributed by atoms with Crippen molar-refractivity contribution in [1.82, 2.24) is 25.1 Å². The van der Waals surface area contributed by atoms with E-state index in [-0.39, 0.29) is 0 Å². The molecule has 0 spiro atoms. The van der Waals surface area contributed by atoms with Gasteiger partial charge < -0.3 is 5.32 Å². The van der Waals surface area contributed by atoms with Crippen LogP contribution in [0.15, 0.2) is 85.9 Å². The van der Waals surface area contributed by atoms with Crippen molar-refractivity contribution in [2.24, 2.45) is 0 Å². The lowest BCUT2D eigenvalue weighted by atomic mass is 9.98. The lowest BCUT2D eigenvalue weighted by Gasteiger charge is -2.12. The third kappa shape index (κ3) is 4.50. The van der Waals surface area contributed by atoms with E-state index >= 15 is 0 Å². The minimum Gasteiger partial charge on any atom is -0.344 e. The number of nitrogens with zero attached hydrogens (tertiary/aromatic N) is 5. The molecule has 142 valence electrons. The Bertz CT molecular complexity index is 1110. The fourth-order valence-electron chi connectivity index (χ4n) is 3.15. The minimum atomic E-state index is 0.712. The van der Waals surface area contributed by atoms with Crippen LogP contribution in [0.2, 0.25) is 0 Å². The summed E-state index contributed by atoms with van der Waals surface area (Å²) in [5.41, 5.74) is 7.19. The van der Waals surface area contributed by atoms with Crippen LogP contribution in [0.3, 0.4) is 0 Å². The van der Waals surface area contributed by atoms with Gasteiger partial charge in [0.25, 0.3) is 0 Å². The summed E-state index contributed by atoms with van der Waals surface area (Å²) in [7, 11) is 0. The van der Waals surface area contributed by atoms with Gasteiger partial charge in [0.05, 0.1) is 24.3 Å². The van der Waals surface area contributed by atoms with Crippen LogP contribution >= 0.6 is 0 Å². The van der Waals surface area contributed by atoms with Gasteiger partial charge in [-0.25, -0.2) is 4.98 Å². The number of aryl methyl sites for hydroxylation is 1. The molecule has 0 aliphatic heterocycles. The molecule has 0 atom stereocenters. The van der Waals surface area contributed by atoms with Gasteiger partial charge >= 0.3 is 0 Å². The van der Waals surface area contributed by atoms with Gasteiger partial charge in [-0.15, -0.1) is 0 Å². The van der Waals surface area contributed by atoms with E-state index in [4.69, 9.17) is 0 Å². The maximum atomic E-state index is 4.46. The fraction of sp³-hybridized carbons (Fsp3) is 0.0870. The first-order valence-electron chi connectivity index (χ1n) is 9.23. The van der Waals surface area contributed by atoms with Crippen LogP contribution in [0.25, 0.3) is 22.4 Å². The fourth-order valence-corrected chi connectivity index (χ4v) is 3.15. The number of pyridine rings is 1. The van der Waals surface area contributed by atoms with E-state index < -0.39 is 0 Å². The number of rotatable bonds is 6. The Hall–Kier alpha value is -3.93. The van der Waals surface area contributed by atoms with E-state index in [1.54, 1.807) is 37.2 Å². The van der Waals surface area contributed by atoms with Crippen LogP contribution < -0.4 is 5.32 Å². The van der Waals surface area contributed by atoms with Crippen molar-refractivity contribution >= 4 is 5.82 Å². The van der Waals surface area contributed by atoms with Gasteiger partial charge in [-0.1, -0.05) is 24.8 Å². The summed E-state index contributed by atoms with van der Waals surface area (Å²) in [4.78, 5) is 12.8. The van der Waals surface area contributed by atoms with Gasteiger partial charge in [-0.3, -0.25) is 9.97 Å². The van der Waals surface area contributed by atoms with Gasteiger partial charge in [0.1, 0.15) is 5.82 Å². The smallest absolute Gasteiger partial charge is 0.130 e. The first-order chi connectivity index (χ1) is 14.2. The Kier molecular flexibility index (Phi) is 5.33. The molecule has 0 amide bonds. The van der Waals surface area contributed by atoms with Gasteiger partial charge in [0, 0.05) is 41.8 Å². The summed E-state index contributed by atoms with van der Waals surface area (Å²) in [6.45, 7) is 6.24. The molecule has 0 unspecified atom stereocenters. The molecule has 0 saturated heterocycles. The lowest BCUT2D eigenvalue weighted by Crippen LogP contribution is -2.03. The zero-order valence-corrected chi connectivity index (χ0v) is 16.1. The minimum absolute atomic E-state index is 0.712. The van der Waals surface area contributed by atoms with E-state index in [2.05, 4.69) is 62.2 Å². The first kappa shape index (κ1) is 18.4. The summed E-state index contributed by atoms with van der Waals surface area (Å²) in [6, 6.07) is 12.2. The van der Waals surface area contributed by atoms with Crippen molar-refractivity contribution < 1.29 is 0 Å². The maximum absolute atomic E-state index is 4.46. The van der Waals surface area contributed by atoms with Crippen molar-refractivity contribution in [2.75, 3.05) is 5.32 Å². The summed E-state index contributed by atoms with van der Waals surface area (Å²) >= 11 is 0. The predicted molar refractivity (Wildman–Crippen MR) is 114 cm³/mol. The number of allylic oxidation sites excluding steroid dienone is 1. The molecule has 0 saturated carbocycles. The number of nitrogens with one attached hydrogen (secondary N) is 1. The Morgan fingerprint density at radius 1 is 0.897 bits per heavy atom. The highest BCUT2D eigenvalue weighted by Gasteiger charge is 2.06. The van der Waals surface area contributed by atoms with E-state index in [0.717, 1.165) is 33.9 Å². The average Bonchev–Trinajstić information content (AvgIpc) is 2.75. The number of hydrogen-bond donors (Lipinski definition) is 1. The molecule has 6 heteroatoms. The van der Waals surface area contributed by atoms with E-state index in [1.807, 2.05) is 18.2 Å². The molecule has 4 aromatic rings. The SMILES string of the molecule is C=C(Cc1ccc(-c2ccnnc2)c(C)c1)Nc1ccc(-c2cnccn2)cn1. The molecule has 6 nitrogen and oxygen atoms in total. The molecule has 29 heavy (non-hydrogen) atoms. The van der Waals surface area contributed by atoms with Crippen molar-refractivity contribution in [3.05, 3.63) is 97.0 Å². The Balaban J connectivity index is 1.41. The number of aromatic nitrogens is 5. The van der Waals surface area contributed by atoms with Crippen LogP contribution in [0.5, 0.6) is 0 Å². The third-order valence-electron chi connectivity index (χ3n) is 4.53. The highest BCUT2D eigenvalue weighted by Crippen LogP contribution is 2.24. The molecule has 0 aliphatic carbocycles. The van der Waals surface area contributed by atoms with Crippen molar-refractivity contribution in [3.8, 4) is 22.4 Å². The monoisotopic (exact) mass is 380 g/mol. The van der Waals surface area contributed by atoms with Crippen molar-refractivity contribution in [1.29, 1.82) is 0 Å². The topological polar surface area (TPSA) is 76.5 Å². The Morgan fingerprint density at radius 2 is 1.83 bits per heavy atom. The predicted octanol–water partition coefficient (Wildman–Crippen LogP) is 4.47. The highest BCUT2D eigenvalue weighted by atomic mass is 15.1. The van der Waals surface area contributed by atoms with Gasteiger partial charge in [0.15, 0.2) is 0 Å². The largest absolute Gasteiger partial charge is 0.344 e. The molecule has 0 fully saturated rings. The van der Waals surface area contributed by atoms with Gasteiger partial charge in [0.2, 0.25) is 0 Å². The van der Waals surface area contributed by atoms with E-state index in [9.17, 15) is 0 Å². The summed E-state index contributed by atoms with van der Waals surface area (Å²) in [6.07, 6.45) is 11.0. The Labute approximate surface area is 169 Å². The van der Waals surface area contributed by atoms with Gasteiger partial charge in [-0.2, -0.15) is 10.2 Å². The molecular formula is C23H20N6. The van der Waals surface area contributed by atoms with Crippen molar-refractivity contribution in [2.45, 2.75) is 13.3 Å². The molecule has 1 aromatic carbocycles. The second-order valence-electron chi connectivity index (χ2n) is 6.71. The average molecular weight is 380 g/mol. The number of benzene rings is 1. The molecule has 1 N–H and O–H groups in total. The zero-order valence-electron chi connectivity index (χ0n) is 16.1. The molecule has 4 rings (SSSR count). The van der Waals surface area contributed by atoms with Crippen LogP contribution in [-0.2, 0) is 6.42 Å². The Morgan fingerprint density at radius 3 is 2.52 bits per heavy atom. The quantitative estimate of drug-likeness (QED) is 0.532. The van der Waals surface area contributed by atoms with Crippen LogP contribution in [0.4, 0.5) is 5.82 Å². The highest BCUT2D eigenvalue weighted by molar-refractivity contribution is 5.66. The molecular weight excluding hydrogens is 360 g/mol.